The quantitative estimate of drug-likeness (QED) is 0.763. The highest BCUT2D eigenvalue weighted by atomic mass is 15.2. The zero-order valence-corrected chi connectivity index (χ0v) is 11.5. The van der Waals surface area contributed by atoms with Crippen molar-refractivity contribution in [1.82, 2.24) is 4.90 Å². The largest absolute Gasteiger partial charge is 0.369 e. The van der Waals surface area contributed by atoms with Crippen LogP contribution in [0.25, 0.3) is 0 Å². The van der Waals surface area contributed by atoms with Gasteiger partial charge in [0.25, 0.3) is 0 Å². The molecule has 0 aliphatic carbocycles. The second-order valence-electron chi connectivity index (χ2n) is 5.20. The normalized spacial score (nSPS) is 19.3. The third kappa shape index (κ3) is 2.49. The summed E-state index contributed by atoms with van der Waals surface area (Å²) >= 11 is 0. The van der Waals surface area contributed by atoms with Crippen molar-refractivity contribution in [2.24, 2.45) is 0 Å². The Bertz CT molecular complexity index is 441. The number of nitriles is 1. The predicted molar refractivity (Wildman–Crippen MR) is 74.8 cm³/mol. The lowest BCUT2D eigenvalue weighted by Crippen LogP contribution is -2.35. The lowest BCUT2D eigenvalue weighted by atomic mass is 10.1. The minimum Gasteiger partial charge on any atom is -0.369 e. The average Bonchev–Trinajstić information content (AvgIpc) is 2.78. The van der Waals surface area contributed by atoms with E-state index in [1.165, 1.54) is 16.8 Å². The van der Waals surface area contributed by atoms with Gasteiger partial charge in [0.05, 0.1) is 12.6 Å². The zero-order chi connectivity index (χ0) is 13.1. The number of para-hydroxylation sites is 1. The van der Waals surface area contributed by atoms with E-state index >= 15 is 0 Å². The fraction of sp³-hybridized carbons (Fsp3) is 0.533. The van der Waals surface area contributed by atoms with Gasteiger partial charge in [-0.1, -0.05) is 18.2 Å². The maximum atomic E-state index is 8.76. The van der Waals surface area contributed by atoms with E-state index < -0.39 is 0 Å². The van der Waals surface area contributed by atoms with Gasteiger partial charge in [-0.25, -0.2) is 0 Å². The van der Waals surface area contributed by atoms with Gasteiger partial charge in [-0.3, -0.25) is 4.90 Å². The molecule has 1 aliphatic heterocycles. The fourth-order valence-electron chi connectivity index (χ4n) is 2.85. The molecule has 0 radical (unpaired) electrons. The van der Waals surface area contributed by atoms with Crippen molar-refractivity contribution < 1.29 is 0 Å². The Morgan fingerprint density at radius 3 is 2.67 bits per heavy atom. The minimum atomic E-state index is 0.503. The lowest BCUT2D eigenvalue weighted by molar-refractivity contribution is 0.289. The number of aryl methyl sites for hydroxylation is 2. The second kappa shape index (κ2) is 5.41. The van der Waals surface area contributed by atoms with E-state index in [1.54, 1.807) is 0 Å². The first kappa shape index (κ1) is 12.9. The van der Waals surface area contributed by atoms with Crippen LogP contribution < -0.4 is 4.90 Å². The van der Waals surface area contributed by atoms with Crippen molar-refractivity contribution >= 4 is 5.69 Å². The zero-order valence-electron chi connectivity index (χ0n) is 11.5. The SMILES string of the molecule is Cc1cccc(C)c1N1CCC(N(C)CC#N)C1. The third-order valence-corrected chi connectivity index (χ3v) is 3.86. The maximum Gasteiger partial charge on any atom is 0.0866 e. The van der Waals surface area contributed by atoms with Gasteiger partial charge in [-0.2, -0.15) is 5.26 Å². The van der Waals surface area contributed by atoms with E-state index in [9.17, 15) is 0 Å². The van der Waals surface area contributed by atoms with Crippen molar-refractivity contribution in [3.05, 3.63) is 29.3 Å². The summed E-state index contributed by atoms with van der Waals surface area (Å²) in [5.74, 6) is 0. The first-order valence-electron chi connectivity index (χ1n) is 6.52. The number of benzene rings is 1. The molecule has 0 amide bonds. The number of rotatable bonds is 3. The van der Waals surface area contributed by atoms with E-state index in [4.69, 9.17) is 5.26 Å². The molecule has 1 unspecified atom stereocenters. The van der Waals surface area contributed by atoms with Crippen LogP contribution in [0, 0.1) is 25.2 Å². The number of nitrogens with zero attached hydrogens (tertiary/aromatic N) is 3. The van der Waals surface area contributed by atoms with E-state index in [0.29, 0.717) is 12.6 Å². The molecule has 1 heterocycles. The summed E-state index contributed by atoms with van der Waals surface area (Å²) in [4.78, 5) is 4.62. The Morgan fingerprint density at radius 2 is 2.06 bits per heavy atom. The molecule has 0 bridgehead atoms. The molecule has 1 aliphatic rings. The van der Waals surface area contributed by atoms with Crippen LogP contribution in [0.2, 0.25) is 0 Å². The van der Waals surface area contributed by atoms with Gasteiger partial charge in [0.2, 0.25) is 0 Å². The Balaban J connectivity index is 2.12. The Morgan fingerprint density at radius 1 is 1.39 bits per heavy atom. The summed E-state index contributed by atoms with van der Waals surface area (Å²) in [6.07, 6.45) is 1.14. The molecular weight excluding hydrogens is 222 g/mol. The van der Waals surface area contributed by atoms with Crippen molar-refractivity contribution in [2.45, 2.75) is 26.3 Å². The van der Waals surface area contributed by atoms with Gasteiger partial charge in [-0.15, -0.1) is 0 Å². The standard InChI is InChI=1S/C15H21N3/c1-12-5-4-6-13(2)15(12)18-9-7-14(11-18)17(3)10-8-16/h4-6,14H,7,9-11H2,1-3H3. The van der Waals surface area contributed by atoms with Gasteiger partial charge in [0, 0.05) is 24.8 Å². The van der Waals surface area contributed by atoms with Gasteiger partial charge < -0.3 is 4.90 Å². The average molecular weight is 243 g/mol. The van der Waals surface area contributed by atoms with Crippen molar-refractivity contribution in [2.75, 3.05) is 31.6 Å². The van der Waals surface area contributed by atoms with Crippen LogP contribution >= 0.6 is 0 Å². The molecule has 0 spiro atoms. The molecule has 1 fully saturated rings. The Kier molecular flexibility index (Phi) is 3.88. The van der Waals surface area contributed by atoms with E-state index in [2.05, 4.69) is 47.9 Å². The fourth-order valence-corrected chi connectivity index (χ4v) is 2.85. The highest BCUT2D eigenvalue weighted by Gasteiger charge is 2.27. The van der Waals surface area contributed by atoms with Gasteiger partial charge in [-0.05, 0) is 38.4 Å². The first-order chi connectivity index (χ1) is 8.63. The van der Waals surface area contributed by atoms with Crippen LogP contribution in [0.15, 0.2) is 18.2 Å². The van der Waals surface area contributed by atoms with Crippen molar-refractivity contribution in [1.29, 1.82) is 5.26 Å². The number of hydrogen-bond donors (Lipinski definition) is 0. The molecule has 2 rings (SSSR count). The molecule has 1 atom stereocenters. The van der Waals surface area contributed by atoms with Crippen LogP contribution in [-0.2, 0) is 0 Å². The molecule has 1 saturated heterocycles. The lowest BCUT2D eigenvalue weighted by Gasteiger charge is -2.25. The van der Waals surface area contributed by atoms with E-state index in [-0.39, 0.29) is 0 Å². The first-order valence-corrected chi connectivity index (χ1v) is 6.52. The summed E-state index contributed by atoms with van der Waals surface area (Å²) in [6, 6.07) is 9.20. The summed E-state index contributed by atoms with van der Waals surface area (Å²) in [5.41, 5.74) is 4.07. The summed E-state index contributed by atoms with van der Waals surface area (Å²) in [5, 5.41) is 8.76. The molecular formula is C15H21N3. The maximum absolute atomic E-state index is 8.76. The Hall–Kier alpha value is -1.53. The summed E-state index contributed by atoms with van der Waals surface area (Å²) < 4.78 is 0. The predicted octanol–water partition coefficient (Wildman–Crippen LogP) is 2.34. The molecule has 1 aromatic carbocycles. The highest BCUT2D eigenvalue weighted by molar-refractivity contribution is 5.59. The van der Waals surface area contributed by atoms with E-state index in [1.807, 2.05) is 7.05 Å². The monoisotopic (exact) mass is 243 g/mol. The number of anilines is 1. The molecule has 96 valence electrons. The minimum absolute atomic E-state index is 0.503. The van der Waals surface area contributed by atoms with Crippen molar-refractivity contribution in [3.8, 4) is 6.07 Å². The van der Waals surface area contributed by atoms with Crippen LogP contribution in [0.5, 0.6) is 0 Å². The smallest absolute Gasteiger partial charge is 0.0866 e. The summed E-state index contributed by atoms with van der Waals surface area (Å²) in [7, 11) is 2.04. The van der Waals surface area contributed by atoms with Crippen LogP contribution in [-0.4, -0.2) is 37.6 Å². The Labute approximate surface area is 110 Å². The molecule has 18 heavy (non-hydrogen) atoms. The molecule has 0 saturated carbocycles. The van der Waals surface area contributed by atoms with Gasteiger partial charge in [0.15, 0.2) is 0 Å². The molecule has 0 aromatic heterocycles. The second-order valence-corrected chi connectivity index (χ2v) is 5.20. The van der Waals surface area contributed by atoms with Gasteiger partial charge in [0.1, 0.15) is 0 Å². The summed E-state index contributed by atoms with van der Waals surface area (Å²) in [6.45, 7) is 6.99. The molecule has 3 heteroatoms. The van der Waals surface area contributed by atoms with Crippen LogP contribution in [0.4, 0.5) is 5.69 Å². The van der Waals surface area contributed by atoms with E-state index in [0.717, 1.165) is 19.5 Å². The molecule has 0 N–H and O–H groups in total. The van der Waals surface area contributed by atoms with Crippen molar-refractivity contribution in [3.63, 3.8) is 0 Å². The van der Waals surface area contributed by atoms with Crippen LogP contribution in [0.3, 0.4) is 0 Å². The third-order valence-electron chi connectivity index (χ3n) is 3.86. The number of likely N-dealkylation sites (N-methyl/N-ethyl adjacent to an activating group) is 1. The highest BCUT2D eigenvalue weighted by Crippen LogP contribution is 2.28. The number of hydrogen-bond acceptors (Lipinski definition) is 3. The van der Waals surface area contributed by atoms with Crippen LogP contribution in [0.1, 0.15) is 17.5 Å². The molecule has 1 aromatic rings. The molecule has 3 nitrogen and oxygen atoms in total. The van der Waals surface area contributed by atoms with Gasteiger partial charge >= 0.3 is 0 Å². The topological polar surface area (TPSA) is 30.3 Å².